The van der Waals surface area contributed by atoms with E-state index in [0.29, 0.717) is 5.75 Å². The second-order valence-electron chi connectivity index (χ2n) is 5.42. The van der Waals surface area contributed by atoms with Gasteiger partial charge in [-0.1, -0.05) is 29.8 Å². The molecule has 6 heteroatoms. The normalized spacial score (nSPS) is 11.0. The summed E-state index contributed by atoms with van der Waals surface area (Å²) in [6.07, 6.45) is -0.158. The Balaban J connectivity index is 2.14. The van der Waals surface area contributed by atoms with Gasteiger partial charge in [-0.05, 0) is 26.0 Å². The van der Waals surface area contributed by atoms with Crippen LogP contribution in [-0.4, -0.2) is 11.2 Å². The minimum atomic E-state index is -0.460. The lowest BCUT2D eigenvalue weighted by Gasteiger charge is -2.13. The average molecular weight is 347 g/mol. The maximum absolute atomic E-state index is 12.3. The lowest BCUT2D eigenvalue weighted by Crippen LogP contribution is -2.07. The van der Waals surface area contributed by atoms with Crippen LogP contribution >= 0.6 is 11.6 Å². The van der Waals surface area contributed by atoms with Gasteiger partial charge in [0.05, 0.1) is 12.2 Å². The van der Waals surface area contributed by atoms with Crippen molar-refractivity contribution < 1.29 is 19.0 Å². The molecule has 0 saturated carbocycles. The summed E-state index contributed by atoms with van der Waals surface area (Å²) in [6.45, 7) is 3.64. The number of phenols is 1. The Morgan fingerprint density at radius 1 is 1.17 bits per heavy atom. The smallest absolute Gasteiger partial charge is 0.294 e. The fourth-order valence-corrected chi connectivity index (χ4v) is 2.47. The fourth-order valence-electron chi connectivity index (χ4n) is 2.24. The fraction of sp³-hybridized carbons (Fsp3) is 0.167. The van der Waals surface area contributed by atoms with E-state index in [0.717, 1.165) is 6.07 Å². The van der Waals surface area contributed by atoms with Gasteiger partial charge in [-0.3, -0.25) is 4.79 Å². The van der Waals surface area contributed by atoms with Gasteiger partial charge in [0.15, 0.2) is 5.58 Å². The van der Waals surface area contributed by atoms with E-state index in [-0.39, 0.29) is 39.5 Å². The summed E-state index contributed by atoms with van der Waals surface area (Å²) in [6, 6.07) is 11.3. The van der Waals surface area contributed by atoms with E-state index >= 15 is 0 Å². The molecule has 0 atom stereocenters. The molecule has 0 bridgehead atoms. The third-order valence-corrected chi connectivity index (χ3v) is 3.55. The van der Waals surface area contributed by atoms with Crippen LogP contribution in [0, 0.1) is 0 Å². The van der Waals surface area contributed by atoms with Crippen molar-refractivity contribution in [2.24, 2.45) is 0 Å². The molecule has 0 spiro atoms. The molecule has 1 N–H and O–H groups in total. The highest BCUT2D eigenvalue weighted by atomic mass is 35.5. The van der Waals surface area contributed by atoms with Gasteiger partial charge >= 0.3 is 0 Å². The van der Waals surface area contributed by atoms with E-state index in [1.54, 1.807) is 24.3 Å². The van der Waals surface area contributed by atoms with E-state index in [9.17, 15) is 9.90 Å². The summed E-state index contributed by atoms with van der Waals surface area (Å²) in [5.74, 6) is 0.457. The van der Waals surface area contributed by atoms with Crippen LogP contribution in [0.3, 0.4) is 0 Å². The van der Waals surface area contributed by atoms with E-state index in [1.807, 2.05) is 19.9 Å². The number of benzene rings is 2. The van der Waals surface area contributed by atoms with Crippen LogP contribution in [0.5, 0.6) is 23.2 Å². The van der Waals surface area contributed by atoms with Gasteiger partial charge in [-0.15, -0.1) is 0 Å². The molecule has 0 unspecified atom stereocenters. The number of ether oxygens (including phenoxy) is 2. The van der Waals surface area contributed by atoms with Gasteiger partial charge in [-0.2, -0.15) is 0 Å². The molecule has 0 radical (unpaired) electrons. The third-order valence-electron chi connectivity index (χ3n) is 3.19. The average Bonchev–Trinajstić information content (AvgIpc) is 2.52. The van der Waals surface area contributed by atoms with Crippen LogP contribution in [0.2, 0.25) is 5.02 Å². The lowest BCUT2D eigenvalue weighted by molar-refractivity contribution is 0.241. The summed E-state index contributed by atoms with van der Waals surface area (Å²) in [7, 11) is 0. The van der Waals surface area contributed by atoms with Gasteiger partial charge in [0.2, 0.25) is 5.43 Å². The molecule has 24 heavy (non-hydrogen) atoms. The highest BCUT2D eigenvalue weighted by molar-refractivity contribution is 6.36. The zero-order valence-electron chi connectivity index (χ0n) is 13.1. The minimum Gasteiger partial charge on any atom is -0.507 e. The summed E-state index contributed by atoms with van der Waals surface area (Å²) >= 11 is 6.28. The largest absolute Gasteiger partial charge is 0.507 e. The van der Waals surface area contributed by atoms with Crippen LogP contribution in [0.25, 0.3) is 11.0 Å². The second-order valence-corrected chi connectivity index (χ2v) is 5.80. The predicted octanol–water partition coefficient (Wildman–Crippen LogP) is 4.73. The highest BCUT2D eigenvalue weighted by Crippen LogP contribution is 2.39. The molecule has 124 valence electrons. The van der Waals surface area contributed by atoms with E-state index in [1.165, 1.54) is 6.07 Å². The minimum absolute atomic E-state index is 0.0171. The van der Waals surface area contributed by atoms with E-state index in [4.69, 9.17) is 25.5 Å². The monoisotopic (exact) mass is 346 g/mol. The third kappa shape index (κ3) is 3.16. The number of halogens is 1. The van der Waals surface area contributed by atoms with Crippen molar-refractivity contribution >= 4 is 22.6 Å². The highest BCUT2D eigenvalue weighted by Gasteiger charge is 2.19. The van der Waals surface area contributed by atoms with Gasteiger partial charge in [-0.25, -0.2) is 0 Å². The standard InChI is InChI=1S/C18H15ClO5/c1-10(2)22-14-8-12(20)16-13(21)9-15(24-18(16)17(14)19)23-11-6-4-3-5-7-11/h3-10,20H,1-2H3. The Hall–Kier alpha value is -2.66. The van der Waals surface area contributed by atoms with Crippen LogP contribution in [-0.2, 0) is 0 Å². The van der Waals surface area contributed by atoms with Gasteiger partial charge in [0.25, 0.3) is 5.95 Å². The van der Waals surface area contributed by atoms with Gasteiger partial charge < -0.3 is 19.0 Å². The summed E-state index contributed by atoms with van der Waals surface area (Å²) < 4.78 is 16.7. The molecule has 0 aliphatic heterocycles. The summed E-state index contributed by atoms with van der Waals surface area (Å²) in [5, 5.41) is 10.2. The van der Waals surface area contributed by atoms with Crippen molar-refractivity contribution in [1.82, 2.24) is 0 Å². The molecular formula is C18H15ClO5. The van der Waals surface area contributed by atoms with Crippen LogP contribution in [0.15, 0.2) is 51.7 Å². The Morgan fingerprint density at radius 3 is 2.54 bits per heavy atom. The molecule has 0 saturated heterocycles. The Labute approximate surface area is 143 Å². The molecule has 0 aliphatic rings. The number of rotatable bonds is 4. The first-order chi connectivity index (χ1) is 11.5. The number of phenolic OH excluding ortho intramolecular Hbond substituents is 1. The first kappa shape index (κ1) is 16.2. The zero-order valence-corrected chi connectivity index (χ0v) is 13.8. The first-order valence-corrected chi connectivity index (χ1v) is 7.72. The van der Waals surface area contributed by atoms with E-state index < -0.39 is 5.43 Å². The first-order valence-electron chi connectivity index (χ1n) is 7.34. The molecule has 2 aromatic carbocycles. The van der Waals surface area contributed by atoms with Crippen LogP contribution in [0.4, 0.5) is 0 Å². The molecular weight excluding hydrogens is 332 g/mol. The SMILES string of the molecule is CC(C)Oc1cc(O)c2c(=O)cc(Oc3ccccc3)oc2c1Cl. The molecule has 0 amide bonds. The number of fused-ring (bicyclic) bond motifs is 1. The molecule has 1 aromatic heterocycles. The quantitative estimate of drug-likeness (QED) is 0.739. The Bertz CT molecular complexity index is 932. The summed E-state index contributed by atoms with van der Waals surface area (Å²) in [5.41, 5.74) is -0.441. The number of hydrogen-bond donors (Lipinski definition) is 1. The van der Waals surface area contributed by atoms with Crippen molar-refractivity contribution in [3.8, 4) is 23.2 Å². The number of hydrogen-bond acceptors (Lipinski definition) is 5. The van der Waals surface area contributed by atoms with Crippen LogP contribution < -0.4 is 14.9 Å². The van der Waals surface area contributed by atoms with Crippen molar-refractivity contribution in [1.29, 1.82) is 0 Å². The maximum Gasteiger partial charge on any atom is 0.294 e. The molecule has 0 fully saturated rings. The molecule has 1 heterocycles. The molecule has 5 nitrogen and oxygen atoms in total. The van der Waals surface area contributed by atoms with Gasteiger partial charge in [0.1, 0.15) is 27.7 Å². The van der Waals surface area contributed by atoms with Gasteiger partial charge in [0, 0.05) is 6.07 Å². The second kappa shape index (κ2) is 6.45. The zero-order chi connectivity index (χ0) is 17.3. The topological polar surface area (TPSA) is 68.9 Å². The van der Waals surface area contributed by atoms with Crippen molar-refractivity contribution in [2.75, 3.05) is 0 Å². The predicted molar refractivity (Wildman–Crippen MR) is 91.4 cm³/mol. The lowest BCUT2D eigenvalue weighted by atomic mass is 10.2. The van der Waals surface area contributed by atoms with Crippen LogP contribution in [0.1, 0.15) is 13.8 Å². The Morgan fingerprint density at radius 2 is 1.88 bits per heavy atom. The van der Waals surface area contributed by atoms with E-state index in [2.05, 4.69) is 0 Å². The number of aromatic hydroxyl groups is 1. The molecule has 3 rings (SSSR count). The van der Waals surface area contributed by atoms with Crippen molar-refractivity contribution in [3.63, 3.8) is 0 Å². The number of para-hydroxylation sites is 1. The summed E-state index contributed by atoms with van der Waals surface area (Å²) in [4.78, 5) is 12.3. The Kier molecular flexibility index (Phi) is 4.36. The molecule has 3 aromatic rings. The van der Waals surface area contributed by atoms with Crippen molar-refractivity contribution in [2.45, 2.75) is 20.0 Å². The molecule has 0 aliphatic carbocycles. The maximum atomic E-state index is 12.3. The van der Waals surface area contributed by atoms with Crippen molar-refractivity contribution in [3.05, 3.63) is 57.7 Å².